The number of rotatable bonds is 4. The van der Waals surface area contributed by atoms with Gasteiger partial charge in [-0.25, -0.2) is 0 Å². The first kappa shape index (κ1) is 15.4. The van der Waals surface area contributed by atoms with Gasteiger partial charge in [-0.15, -0.1) is 0 Å². The van der Waals surface area contributed by atoms with Crippen molar-refractivity contribution >= 4 is 34.0 Å². The SMILES string of the molecule is C[C@H](Oc1ccc(Cl)cc1)C(=O)Nc1ccc2ccccc2c1. The van der Waals surface area contributed by atoms with Gasteiger partial charge in [0.25, 0.3) is 5.91 Å². The predicted octanol–water partition coefficient (Wildman–Crippen LogP) is 4.90. The highest BCUT2D eigenvalue weighted by molar-refractivity contribution is 6.30. The van der Waals surface area contributed by atoms with Crippen molar-refractivity contribution in [3.05, 3.63) is 71.8 Å². The highest BCUT2D eigenvalue weighted by Crippen LogP contribution is 2.20. The van der Waals surface area contributed by atoms with Gasteiger partial charge in [0.15, 0.2) is 6.10 Å². The van der Waals surface area contributed by atoms with Crippen LogP contribution in [0.4, 0.5) is 5.69 Å². The van der Waals surface area contributed by atoms with Crippen LogP contribution in [0.25, 0.3) is 10.8 Å². The van der Waals surface area contributed by atoms with E-state index in [0.717, 1.165) is 16.5 Å². The Morgan fingerprint density at radius 2 is 1.70 bits per heavy atom. The van der Waals surface area contributed by atoms with E-state index < -0.39 is 6.10 Å². The molecule has 3 rings (SSSR count). The molecule has 116 valence electrons. The first-order valence-electron chi connectivity index (χ1n) is 7.34. The Bertz CT molecular complexity index is 830. The number of anilines is 1. The number of carbonyl (C=O) groups is 1. The topological polar surface area (TPSA) is 38.3 Å². The molecule has 0 saturated carbocycles. The number of nitrogens with one attached hydrogen (secondary N) is 1. The Hall–Kier alpha value is -2.52. The van der Waals surface area contributed by atoms with Crippen molar-refractivity contribution in [3.8, 4) is 5.75 Å². The Balaban J connectivity index is 1.68. The van der Waals surface area contributed by atoms with Crippen LogP contribution in [0.5, 0.6) is 5.75 Å². The molecule has 3 nitrogen and oxygen atoms in total. The molecule has 3 aromatic rings. The first-order chi connectivity index (χ1) is 11.1. The number of benzene rings is 3. The van der Waals surface area contributed by atoms with Gasteiger partial charge in [0, 0.05) is 10.7 Å². The quantitative estimate of drug-likeness (QED) is 0.741. The number of hydrogen-bond donors (Lipinski definition) is 1. The van der Waals surface area contributed by atoms with Crippen LogP contribution in [-0.2, 0) is 4.79 Å². The number of fused-ring (bicyclic) bond motifs is 1. The van der Waals surface area contributed by atoms with Crippen molar-refractivity contribution in [2.45, 2.75) is 13.0 Å². The van der Waals surface area contributed by atoms with Gasteiger partial charge in [-0.3, -0.25) is 4.79 Å². The second-order valence-electron chi connectivity index (χ2n) is 5.27. The lowest BCUT2D eigenvalue weighted by Crippen LogP contribution is -2.30. The molecule has 0 aliphatic carbocycles. The lowest BCUT2D eigenvalue weighted by Gasteiger charge is -2.15. The fourth-order valence-corrected chi connectivity index (χ4v) is 2.41. The second kappa shape index (κ2) is 6.71. The lowest BCUT2D eigenvalue weighted by atomic mass is 10.1. The average molecular weight is 326 g/mol. The summed E-state index contributed by atoms with van der Waals surface area (Å²) in [5.41, 5.74) is 0.750. The predicted molar refractivity (Wildman–Crippen MR) is 94.1 cm³/mol. The summed E-state index contributed by atoms with van der Waals surface area (Å²) in [6.07, 6.45) is -0.609. The minimum atomic E-state index is -0.609. The van der Waals surface area contributed by atoms with Gasteiger partial charge in [0.05, 0.1) is 0 Å². The van der Waals surface area contributed by atoms with Crippen molar-refractivity contribution in [2.24, 2.45) is 0 Å². The monoisotopic (exact) mass is 325 g/mol. The third kappa shape index (κ3) is 3.82. The fraction of sp³-hybridized carbons (Fsp3) is 0.105. The molecule has 1 N–H and O–H groups in total. The van der Waals surface area contributed by atoms with Crippen LogP contribution in [0.1, 0.15) is 6.92 Å². The second-order valence-corrected chi connectivity index (χ2v) is 5.70. The molecule has 0 unspecified atom stereocenters. The zero-order valence-corrected chi connectivity index (χ0v) is 13.4. The lowest BCUT2D eigenvalue weighted by molar-refractivity contribution is -0.122. The standard InChI is InChI=1S/C19H16ClNO2/c1-13(23-18-10-7-16(20)8-11-18)19(22)21-17-9-6-14-4-2-3-5-15(14)12-17/h2-13H,1H3,(H,21,22)/t13-/m0/s1. The van der Waals surface area contributed by atoms with E-state index in [1.807, 2.05) is 42.5 Å². The van der Waals surface area contributed by atoms with Crippen LogP contribution in [0.3, 0.4) is 0 Å². The molecule has 0 fully saturated rings. The molecular formula is C19H16ClNO2. The number of halogens is 1. The molecule has 1 amide bonds. The van der Waals surface area contributed by atoms with E-state index in [-0.39, 0.29) is 5.91 Å². The molecule has 0 bridgehead atoms. The van der Waals surface area contributed by atoms with Crippen LogP contribution in [-0.4, -0.2) is 12.0 Å². The Labute approximate surface area is 139 Å². The van der Waals surface area contributed by atoms with Gasteiger partial charge in [0.1, 0.15) is 5.75 Å². The molecule has 0 aromatic heterocycles. The first-order valence-corrected chi connectivity index (χ1v) is 7.71. The highest BCUT2D eigenvalue weighted by atomic mass is 35.5. The molecule has 0 radical (unpaired) electrons. The highest BCUT2D eigenvalue weighted by Gasteiger charge is 2.15. The molecule has 0 spiro atoms. The van der Waals surface area contributed by atoms with Gasteiger partial charge in [-0.1, -0.05) is 41.9 Å². The molecule has 3 aromatic carbocycles. The van der Waals surface area contributed by atoms with E-state index in [2.05, 4.69) is 5.32 Å². The van der Waals surface area contributed by atoms with Gasteiger partial charge in [0.2, 0.25) is 0 Å². The Kier molecular flexibility index (Phi) is 4.49. The van der Waals surface area contributed by atoms with Crippen molar-refractivity contribution in [1.29, 1.82) is 0 Å². The summed E-state index contributed by atoms with van der Waals surface area (Å²) in [6, 6.07) is 20.8. The molecule has 0 aliphatic heterocycles. The molecule has 0 saturated heterocycles. The van der Waals surface area contributed by atoms with Crippen LogP contribution in [0.15, 0.2) is 66.7 Å². The maximum absolute atomic E-state index is 12.3. The van der Waals surface area contributed by atoms with Gasteiger partial charge in [-0.2, -0.15) is 0 Å². The van der Waals surface area contributed by atoms with Crippen LogP contribution >= 0.6 is 11.6 Å². The van der Waals surface area contributed by atoms with E-state index >= 15 is 0 Å². The third-order valence-corrected chi connectivity index (χ3v) is 3.76. The van der Waals surface area contributed by atoms with Crippen LogP contribution in [0, 0.1) is 0 Å². The van der Waals surface area contributed by atoms with E-state index in [4.69, 9.17) is 16.3 Å². The number of amides is 1. The van der Waals surface area contributed by atoms with E-state index in [1.54, 1.807) is 31.2 Å². The molecule has 4 heteroatoms. The summed E-state index contributed by atoms with van der Waals surface area (Å²) in [7, 11) is 0. The van der Waals surface area contributed by atoms with E-state index in [9.17, 15) is 4.79 Å². The average Bonchev–Trinajstić information content (AvgIpc) is 2.56. The third-order valence-electron chi connectivity index (χ3n) is 3.51. The summed E-state index contributed by atoms with van der Waals surface area (Å²) in [5.74, 6) is 0.408. The zero-order chi connectivity index (χ0) is 16.2. The largest absolute Gasteiger partial charge is 0.481 e. The van der Waals surface area contributed by atoms with Gasteiger partial charge in [-0.05, 0) is 54.1 Å². The summed E-state index contributed by atoms with van der Waals surface area (Å²) in [5, 5.41) is 5.72. The van der Waals surface area contributed by atoms with Crippen molar-refractivity contribution < 1.29 is 9.53 Å². The maximum atomic E-state index is 12.3. The zero-order valence-electron chi connectivity index (χ0n) is 12.6. The van der Waals surface area contributed by atoms with Gasteiger partial charge >= 0.3 is 0 Å². The number of hydrogen-bond acceptors (Lipinski definition) is 2. The Morgan fingerprint density at radius 1 is 1.00 bits per heavy atom. The normalized spacial score (nSPS) is 11.9. The summed E-state index contributed by atoms with van der Waals surface area (Å²) in [6.45, 7) is 1.71. The number of ether oxygens (including phenoxy) is 1. The smallest absolute Gasteiger partial charge is 0.265 e. The van der Waals surface area contributed by atoms with E-state index in [0.29, 0.717) is 10.8 Å². The molecule has 0 heterocycles. The van der Waals surface area contributed by atoms with Crippen molar-refractivity contribution in [3.63, 3.8) is 0 Å². The molecule has 0 aliphatic rings. The molecule has 23 heavy (non-hydrogen) atoms. The van der Waals surface area contributed by atoms with Crippen molar-refractivity contribution in [2.75, 3.05) is 5.32 Å². The fourth-order valence-electron chi connectivity index (χ4n) is 2.28. The van der Waals surface area contributed by atoms with Gasteiger partial charge < -0.3 is 10.1 Å². The summed E-state index contributed by atoms with van der Waals surface area (Å²) < 4.78 is 5.62. The minimum absolute atomic E-state index is 0.199. The van der Waals surface area contributed by atoms with Crippen LogP contribution < -0.4 is 10.1 Å². The molecule has 1 atom stereocenters. The minimum Gasteiger partial charge on any atom is -0.481 e. The van der Waals surface area contributed by atoms with Crippen LogP contribution in [0.2, 0.25) is 5.02 Å². The van der Waals surface area contributed by atoms with Crippen molar-refractivity contribution in [1.82, 2.24) is 0 Å². The number of carbonyl (C=O) groups excluding carboxylic acids is 1. The summed E-state index contributed by atoms with van der Waals surface area (Å²) in [4.78, 5) is 12.3. The van der Waals surface area contributed by atoms with E-state index in [1.165, 1.54) is 0 Å². The summed E-state index contributed by atoms with van der Waals surface area (Å²) >= 11 is 5.83. The Morgan fingerprint density at radius 3 is 2.43 bits per heavy atom. The maximum Gasteiger partial charge on any atom is 0.265 e. The molecular weight excluding hydrogens is 310 g/mol.